The van der Waals surface area contributed by atoms with Crippen LogP contribution in [0.1, 0.15) is 22.5 Å². The number of amides is 1. The van der Waals surface area contributed by atoms with Gasteiger partial charge in [0.1, 0.15) is 11.4 Å². The summed E-state index contributed by atoms with van der Waals surface area (Å²) in [7, 11) is 0. The fraction of sp³-hybridized carbons (Fsp3) is 0.286. The Labute approximate surface area is 188 Å². The molecule has 0 unspecified atom stereocenters. The Bertz CT molecular complexity index is 1180. The van der Waals surface area contributed by atoms with Crippen LogP contribution in [0.4, 0.5) is 37.7 Å². The van der Waals surface area contributed by atoms with Gasteiger partial charge in [0, 0.05) is 36.6 Å². The summed E-state index contributed by atoms with van der Waals surface area (Å²) in [5.74, 6) is -1.63. The lowest BCUT2D eigenvalue weighted by Gasteiger charge is -2.33. The van der Waals surface area contributed by atoms with E-state index >= 15 is 0 Å². The Morgan fingerprint density at radius 3 is 2.55 bits per heavy atom. The molecule has 0 bridgehead atoms. The summed E-state index contributed by atoms with van der Waals surface area (Å²) < 4.78 is 86.5. The van der Waals surface area contributed by atoms with Crippen LogP contribution in [0, 0.1) is 5.82 Å². The number of nitrogens with zero attached hydrogens (tertiary/aromatic N) is 1. The zero-order valence-electron chi connectivity index (χ0n) is 16.8. The molecular weight excluding hydrogens is 472 g/mol. The first kappa shape index (κ1) is 23.1. The van der Waals surface area contributed by atoms with E-state index in [9.17, 15) is 31.1 Å². The van der Waals surface area contributed by atoms with Gasteiger partial charge >= 0.3 is 6.18 Å². The number of nitrogens with one attached hydrogen (secondary N) is 2. The van der Waals surface area contributed by atoms with E-state index in [-0.39, 0.29) is 27.3 Å². The lowest BCUT2D eigenvalue weighted by atomic mass is 10.1. The Morgan fingerprint density at radius 1 is 1.15 bits per heavy atom. The molecule has 1 aliphatic rings. The maximum atomic E-state index is 14.5. The van der Waals surface area contributed by atoms with Crippen molar-refractivity contribution in [2.24, 2.45) is 0 Å². The average molecular weight is 489 g/mol. The van der Waals surface area contributed by atoms with E-state index in [1.165, 1.54) is 12.1 Å². The number of hydrogen-bond donors (Lipinski definition) is 2. The first-order chi connectivity index (χ1) is 15.6. The van der Waals surface area contributed by atoms with Crippen molar-refractivity contribution in [3.63, 3.8) is 0 Å². The van der Waals surface area contributed by atoms with Crippen molar-refractivity contribution in [3.05, 3.63) is 53.5 Å². The molecule has 1 saturated heterocycles. The molecule has 3 aromatic rings. The molecule has 0 atom stereocenters. The molecule has 2 aromatic carbocycles. The average Bonchev–Trinajstić information content (AvgIpc) is 3.13. The largest absolute Gasteiger partial charge is 0.451 e. The predicted octanol–water partition coefficient (Wildman–Crippen LogP) is 5.91. The fourth-order valence-electron chi connectivity index (χ4n) is 3.22. The van der Waals surface area contributed by atoms with Crippen molar-refractivity contribution in [3.8, 4) is 0 Å². The standard InChI is InChI=1S/C21H17F6N3O2S/c22-14-7-12(30-4-1-5-30)8-16-13(14)9-17(32-16)20(31)29-33-18-6-11(21(25,26)27)2-3-15(18)28-10-19(23)24/h2-3,6-9,19,28H,1,4-5,10H2,(H,29,31). The van der Waals surface area contributed by atoms with Gasteiger partial charge in [-0.3, -0.25) is 9.52 Å². The highest BCUT2D eigenvalue weighted by atomic mass is 32.2. The Kier molecular flexibility index (Phi) is 6.37. The molecule has 176 valence electrons. The van der Waals surface area contributed by atoms with Crippen LogP contribution in [-0.2, 0) is 6.18 Å². The number of carbonyl (C=O) groups excluding carboxylic acids is 1. The van der Waals surface area contributed by atoms with Crippen molar-refractivity contribution >= 4 is 40.2 Å². The van der Waals surface area contributed by atoms with E-state index in [4.69, 9.17) is 4.42 Å². The van der Waals surface area contributed by atoms with Gasteiger partial charge in [0.15, 0.2) is 5.76 Å². The van der Waals surface area contributed by atoms with Gasteiger partial charge in [0.2, 0.25) is 0 Å². The number of fused-ring (bicyclic) bond motifs is 1. The molecule has 0 saturated carbocycles. The molecule has 12 heteroatoms. The molecule has 2 heterocycles. The van der Waals surface area contributed by atoms with Crippen molar-refractivity contribution < 1.29 is 35.6 Å². The van der Waals surface area contributed by atoms with Gasteiger partial charge in [0.05, 0.1) is 22.4 Å². The highest BCUT2D eigenvalue weighted by Gasteiger charge is 2.31. The lowest BCUT2D eigenvalue weighted by molar-refractivity contribution is -0.137. The molecule has 4 rings (SSSR count). The zero-order chi connectivity index (χ0) is 23.8. The number of rotatable bonds is 7. The molecule has 33 heavy (non-hydrogen) atoms. The molecule has 1 aliphatic heterocycles. The number of alkyl halides is 5. The number of anilines is 2. The number of furan rings is 1. The number of carbonyl (C=O) groups is 1. The van der Waals surface area contributed by atoms with E-state index in [1.807, 2.05) is 4.90 Å². The van der Waals surface area contributed by atoms with Crippen LogP contribution in [0.5, 0.6) is 0 Å². The zero-order valence-corrected chi connectivity index (χ0v) is 17.6. The summed E-state index contributed by atoms with van der Waals surface area (Å²) in [6.45, 7) is 0.790. The van der Waals surface area contributed by atoms with Crippen LogP contribution in [0.15, 0.2) is 45.7 Å². The maximum Gasteiger partial charge on any atom is 0.416 e. The van der Waals surface area contributed by atoms with Gasteiger partial charge in [0.25, 0.3) is 12.3 Å². The first-order valence-corrected chi connectivity index (χ1v) is 10.6. The van der Waals surface area contributed by atoms with Gasteiger partial charge in [-0.25, -0.2) is 13.2 Å². The van der Waals surface area contributed by atoms with Crippen molar-refractivity contribution in [2.75, 3.05) is 29.9 Å². The summed E-state index contributed by atoms with van der Waals surface area (Å²) in [5, 5.41) is 2.44. The normalized spacial score (nSPS) is 14.0. The summed E-state index contributed by atoms with van der Waals surface area (Å²) >= 11 is 0.498. The van der Waals surface area contributed by atoms with Crippen LogP contribution in [-0.4, -0.2) is 32.0 Å². The molecule has 0 radical (unpaired) electrons. The monoisotopic (exact) mass is 489 g/mol. The Hall–Kier alpha value is -3.02. The minimum atomic E-state index is -4.66. The topological polar surface area (TPSA) is 57.5 Å². The maximum absolute atomic E-state index is 14.5. The van der Waals surface area contributed by atoms with Gasteiger partial charge < -0.3 is 14.6 Å². The van der Waals surface area contributed by atoms with E-state index in [2.05, 4.69) is 10.0 Å². The summed E-state index contributed by atoms with van der Waals surface area (Å²) in [6.07, 6.45) is -6.40. The van der Waals surface area contributed by atoms with Gasteiger partial charge in [-0.2, -0.15) is 13.2 Å². The SMILES string of the molecule is O=C(NSc1cc(C(F)(F)F)ccc1NCC(F)F)c1cc2c(F)cc(N3CCC3)cc2o1. The quantitative estimate of drug-likeness (QED) is 0.319. The Morgan fingerprint density at radius 2 is 1.91 bits per heavy atom. The van der Waals surface area contributed by atoms with Crippen molar-refractivity contribution in [1.29, 1.82) is 0 Å². The number of halogens is 6. The third-order valence-corrected chi connectivity index (χ3v) is 5.87. The fourth-order valence-corrected chi connectivity index (χ4v) is 3.96. The van der Waals surface area contributed by atoms with Crippen molar-refractivity contribution in [1.82, 2.24) is 4.72 Å². The predicted molar refractivity (Wildman–Crippen MR) is 112 cm³/mol. The van der Waals surface area contributed by atoms with Crippen LogP contribution in [0.25, 0.3) is 11.0 Å². The minimum Gasteiger partial charge on any atom is -0.451 e. The summed E-state index contributed by atoms with van der Waals surface area (Å²) in [4.78, 5) is 14.3. The van der Waals surface area contributed by atoms with Crippen LogP contribution in [0.3, 0.4) is 0 Å². The second kappa shape index (κ2) is 9.08. The molecule has 2 N–H and O–H groups in total. The number of benzene rings is 2. The molecular formula is C21H17F6N3O2S. The van der Waals surface area contributed by atoms with Crippen LogP contribution in [0.2, 0.25) is 0 Å². The van der Waals surface area contributed by atoms with Crippen LogP contribution < -0.4 is 14.9 Å². The minimum absolute atomic E-state index is 0.0107. The molecule has 1 aromatic heterocycles. The van der Waals surface area contributed by atoms with Crippen molar-refractivity contribution in [2.45, 2.75) is 23.9 Å². The highest BCUT2D eigenvalue weighted by Crippen LogP contribution is 2.36. The lowest BCUT2D eigenvalue weighted by Crippen LogP contribution is -2.36. The summed E-state index contributed by atoms with van der Waals surface area (Å²) in [5.41, 5.74) is -0.235. The molecule has 1 fully saturated rings. The number of hydrogen-bond acceptors (Lipinski definition) is 5. The van der Waals surface area contributed by atoms with Gasteiger partial charge in [-0.05, 0) is 42.6 Å². The smallest absolute Gasteiger partial charge is 0.416 e. The van der Waals surface area contributed by atoms with E-state index in [1.54, 1.807) is 6.07 Å². The van der Waals surface area contributed by atoms with Crippen LogP contribution >= 0.6 is 11.9 Å². The third-order valence-electron chi connectivity index (χ3n) is 5.03. The van der Waals surface area contributed by atoms with Gasteiger partial charge in [-0.1, -0.05) is 0 Å². The summed E-state index contributed by atoms with van der Waals surface area (Å²) in [6, 6.07) is 6.64. The molecule has 0 spiro atoms. The van der Waals surface area contributed by atoms with E-state index < -0.39 is 36.4 Å². The van der Waals surface area contributed by atoms with E-state index in [0.717, 1.165) is 37.7 Å². The highest BCUT2D eigenvalue weighted by molar-refractivity contribution is 7.98. The third kappa shape index (κ3) is 5.15. The van der Waals surface area contributed by atoms with Gasteiger partial charge in [-0.15, -0.1) is 0 Å². The molecule has 0 aliphatic carbocycles. The first-order valence-electron chi connectivity index (χ1n) is 9.80. The molecule has 5 nitrogen and oxygen atoms in total. The second-order valence-electron chi connectivity index (χ2n) is 7.30. The molecule has 1 amide bonds. The van der Waals surface area contributed by atoms with E-state index in [0.29, 0.717) is 17.6 Å². The second-order valence-corrected chi connectivity index (χ2v) is 8.15. The Balaban J connectivity index is 1.54.